The molecule has 2 unspecified atom stereocenters. The molecule has 0 aliphatic heterocycles. The molecule has 0 radical (unpaired) electrons. The van der Waals surface area contributed by atoms with E-state index in [0.29, 0.717) is 11.8 Å². The van der Waals surface area contributed by atoms with Gasteiger partial charge in [0.15, 0.2) is 0 Å². The quantitative estimate of drug-likeness (QED) is 0.326. The lowest BCUT2D eigenvalue weighted by atomic mass is 9.99. The largest absolute Gasteiger partial charge is 0.391 e. The molecule has 0 saturated heterocycles. The minimum Gasteiger partial charge on any atom is -0.391 e. The van der Waals surface area contributed by atoms with Crippen LogP contribution < -0.4 is 10.6 Å². The van der Waals surface area contributed by atoms with Gasteiger partial charge < -0.3 is 15.4 Å². The van der Waals surface area contributed by atoms with Crippen LogP contribution in [-0.4, -0.2) is 38.1 Å². The first-order valence-electron chi connectivity index (χ1n) is 10.2. The van der Waals surface area contributed by atoms with Crippen molar-refractivity contribution >= 4 is 11.9 Å². The molecule has 148 valence electrons. The van der Waals surface area contributed by atoms with Gasteiger partial charge in [-0.3, -0.25) is 9.59 Å². The van der Waals surface area contributed by atoms with Gasteiger partial charge in [-0.2, -0.15) is 0 Å². The zero-order valence-corrected chi connectivity index (χ0v) is 16.9. The van der Waals surface area contributed by atoms with Crippen LogP contribution in [-0.2, 0) is 14.3 Å². The fraction of sp³-hybridized carbons (Fsp3) is 0.900. The smallest absolute Gasteiger partial charge is 0.327 e. The normalized spacial score (nSPS) is 13.4. The molecule has 0 rings (SSSR count). The summed E-state index contributed by atoms with van der Waals surface area (Å²) in [5, 5.41) is 6.22. The summed E-state index contributed by atoms with van der Waals surface area (Å²) in [6.45, 7) is 10.5. The second-order valence-electron chi connectivity index (χ2n) is 6.94. The van der Waals surface area contributed by atoms with E-state index in [1.165, 1.54) is 38.5 Å². The maximum Gasteiger partial charge on any atom is 0.327 e. The minimum atomic E-state index is -0.491. The zero-order valence-electron chi connectivity index (χ0n) is 16.9. The van der Waals surface area contributed by atoms with Gasteiger partial charge in [-0.05, 0) is 37.8 Å². The van der Waals surface area contributed by atoms with Crippen LogP contribution in [0.2, 0.25) is 0 Å². The second kappa shape index (κ2) is 16.5. The van der Waals surface area contributed by atoms with Crippen molar-refractivity contribution in [2.24, 2.45) is 11.8 Å². The summed E-state index contributed by atoms with van der Waals surface area (Å²) in [6.07, 6.45) is 9.36. The third-order valence-corrected chi connectivity index (χ3v) is 4.72. The summed E-state index contributed by atoms with van der Waals surface area (Å²) >= 11 is 0. The molecule has 0 aliphatic carbocycles. The molecule has 5 nitrogen and oxygen atoms in total. The van der Waals surface area contributed by atoms with Crippen molar-refractivity contribution in [2.75, 3.05) is 26.2 Å². The average Bonchev–Trinajstić information content (AvgIpc) is 2.60. The number of nitrogens with one attached hydrogen (secondary N) is 2. The highest BCUT2D eigenvalue weighted by atomic mass is 16.6. The topological polar surface area (TPSA) is 67.4 Å². The van der Waals surface area contributed by atoms with Gasteiger partial charge in [-0.15, -0.1) is 0 Å². The average molecular weight is 357 g/mol. The summed E-state index contributed by atoms with van der Waals surface area (Å²) < 4.78 is 4.84. The maximum absolute atomic E-state index is 11.7. The van der Waals surface area contributed by atoms with Crippen LogP contribution in [0.5, 0.6) is 0 Å². The second-order valence-corrected chi connectivity index (χ2v) is 6.94. The summed E-state index contributed by atoms with van der Waals surface area (Å²) in [7, 11) is 0. The molecule has 0 bridgehead atoms. The zero-order chi connectivity index (χ0) is 18.9. The van der Waals surface area contributed by atoms with Gasteiger partial charge in [0.1, 0.15) is 0 Å². The van der Waals surface area contributed by atoms with Crippen molar-refractivity contribution < 1.29 is 14.3 Å². The highest BCUT2D eigenvalue weighted by Crippen LogP contribution is 2.11. The number of rotatable bonds is 16. The lowest BCUT2D eigenvalue weighted by Gasteiger charge is -2.15. The molecule has 0 fully saturated rings. The van der Waals surface area contributed by atoms with Gasteiger partial charge in [-0.1, -0.05) is 66.2 Å². The van der Waals surface area contributed by atoms with Gasteiger partial charge in [-0.25, -0.2) is 0 Å². The number of ether oxygens (including phenoxy) is 1. The van der Waals surface area contributed by atoms with E-state index in [4.69, 9.17) is 4.74 Å². The number of hydrogen-bond donors (Lipinski definition) is 2. The third-order valence-electron chi connectivity index (χ3n) is 4.72. The van der Waals surface area contributed by atoms with Crippen LogP contribution in [0.3, 0.4) is 0 Å². The van der Waals surface area contributed by atoms with E-state index >= 15 is 0 Å². The van der Waals surface area contributed by atoms with E-state index in [1.807, 2.05) is 0 Å². The van der Waals surface area contributed by atoms with E-state index in [2.05, 4.69) is 38.3 Å². The Hall–Kier alpha value is -0.940. The Labute approximate surface area is 154 Å². The van der Waals surface area contributed by atoms with Crippen molar-refractivity contribution in [1.82, 2.24) is 10.6 Å². The van der Waals surface area contributed by atoms with Crippen LogP contribution in [0, 0.1) is 11.8 Å². The molecule has 0 saturated carbocycles. The Morgan fingerprint density at radius 3 is 1.48 bits per heavy atom. The number of carbonyl (C=O) groups excluding carboxylic acids is 2. The molecule has 0 aliphatic rings. The van der Waals surface area contributed by atoms with E-state index in [-0.39, 0.29) is 13.1 Å². The monoisotopic (exact) mass is 356 g/mol. The molecule has 0 spiro atoms. The van der Waals surface area contributed by atoms with Crippen LogP contribution >= 0.6 is 0 Å². The van der Waals surface area contributed by atoms with Crippen LogP contribution in [0.4, 0.5) is 0 Å². The summed E-state index contributed by atoms with van der Waals surface area (Å²) in [5.41, 5.74) is 0. The number of hydrogen-bond acceptors (Lipinski definition) is 5. The minimum absolute atomic E-state index is 0.0997. The molecule has 0 aromatic rings. The van der Waals surface area contributed by atoms with Crippen molar-refractivity contribution in [3.63, 3.8) is 0 Å². The predicted octanol–water partition coefficient (Wildman–Crippen LogP) is 3.67. The molecule has 0 aromatic carbocycles. The molecule has 5 heteroatoms. The summed E-state index contributed by atoms with van der Waals surface area (Å²) in [4.78, 5) is 23.4. The Morgan fingerprint density at radius 1 is 0.760 bits per heavy atom. The van der Waals surface area contributed by atoms with Gasteiger partial charge in [0, 0.05) is 0 Å². The predicted molar refractivity (Wildman–Crippen MR) is 103 cm³/mol. The molecule has 0 amide bonds. The first-order valence-corrected chi connectivity index (χ1v) is 10.2. The van der Waals surface area contributed by atoms with Gasteiger partial charge in [0.2, 0.25) is 0 Å². The maximum atomic E-state index is 11.7. The Morgan fingerprint density at radius 2 is 1.16 bits per heavy atom. The van der Waals surface area contributed by atoms with Crippen molar-refractivity contribution in [1.29, 1.82) is 0 Å². The number of unbranched alkanes of at least 4 members (excludes halogenated alkanes) is 2. The highest BCUT2D eigenvalue weighted by Gasteiger charge is 2.12. The highest BCUT2D eigenvalue weighted by molar-refractivity contribution is 5.87. The Balaban J connectivity index is 3.81. The van der Waals surface area contributed by atoms with E-state index < -0.39 is 11.9 Å². The molecule has 2 atom stereocenters. The van der Waals surface area contributed by atoms with Gasteiger partial charge in [0.05, 0.1) is 13.1 Å². The first-order chi connectivity index (χ1) is 12.1. The fourth-order valence-electron chi connectivity index (χ4n) is 2.84. The van der Waals surface area contributed by atoms with Gasteiger partial charge in [0.25, 0.3) is 0 Å². The number of carbonyl (C=O) groups is 2. The molecular formula is C20H40N2O3. The molecule has 25 heavy (non-hydrogen) atoms. The fourth-order valence-corrected chi connectivity index (χ4v) is 2.84. The summed E-state index contributed by atoms with van der Waals surface area (Å²) in [6, 6.07) is 0. The molecular weight excluding hydrogens is 316 g/mol. The SMILES string of the molecule is CCCCC(CC)CNCC(=O)OC(=O)CNCC(CC)CCCC. The van der Waals surface area contributed by atoms with Crippen LogP contribution in [0.15, 0.2) is 0 Å². The lowest BCUT2D eigenvalue weighted by Crippen LogP contribution is -2.34. The number of esters is 2. The van der Waals surface area contributed by atoms with Crippen LogP contribution in [0.1, 0.15) is 79.1 Å². The molecule has 0 aromatic heterocycles. The first kappa shape index (κ1) is 24.1. The third kappa shape index (κ3) is 14.0. The standard InChI is InChI=1S/C20H40N2O3/c1-5-9-11-17(7-3)13-21-15-19(23)25-20(24)16-22-14-18(8-4)12-10-6-2/h17-18,21-22H,5-16H2,1-4H3. The van der Waals surface area contributed by atoms with Crippen LogP contribution in [0.25, 0.3) is 0 Å². The van der Waals surface area contributed by atoms with E-state index in [1.54, 1.807) is 0 Å². The Kier molecular flexibility index (Phi) is 15.9. The molecule has 0 heterocycles. The van der Waals surface area contributed by atoms with Crippen molar-refractivity contribution in [3.8, 4) is 0 Å². The molecule has 2 N–H and O–H groups in total. The summed E-state index contributed by atoms with van der Waals surface area (Å²) in [5.74, 6) is 0.184. The Bertz CT molecular complexity index is 316. The lowest BCUT2D eigenvalue weighted by molar-refractivity contribution is -0.158. The van der Waals surface area contributed by atoms with E-state index in [9.17, 15) is 9.59 Å². The van der Waals surface area contributed by atoms with Crippen molar-refractivity contribution in [3.05, 3.63) is 0 Å². The van der Waals surface area contributed by atoms with Crippen molar-refractivity contribution in [2.45, 2.75) is 79.1 Å². The van der Waals surface area contributed by atoms with Gasteiger partial charge >= 0.3 is 11.9 Å². The van der Waals surface area contributed by atoms with E-state index in [0.717, 1.165) is 25.9 Å².